The molecule has 1 fully saturated rings. The molecule has 0 spiro atoms. The van der Waals surface area contributed by atoms with Crippen LogP contribution in [-0.2, 0) is 11.2 Å². The van der Waals surface area contributed by atoms with Crippen molar-refractivity contribution in [3.8, 4) is 0 Å². The Labute approximate surface area is 128 Å². The SMILES string of the molecule is CC(C)[C@H]1Cc2ccccc2[C@H]2CC[C@@H](C(C)C)N2C1=O. The molecule has 114 valence electrons. The first-order valence-electron chi connectivity index (χ1n) is 8.40. The van der Waals surface area contributed by atoms with Gasteiger partial charge in [0.1, 0.15) is 0 Å². The summed E-state index contributed by atoms with van der Waals surface area (Å²) in [6.07, 6.45) is 3.17. The minimum Gasteiger partial charge on any atom is -0.332 e. The topological polar surface area (TPSA) is 20.3 Å². The first-order chi connectivity index (χ1) is 10.0. The highest BCUT2D eigenvalue weighted by Crippen LogP contribution is 2.44. The molecule has 21 heavy (non-hydrogen) atoms. The fraction of sp³-hybridized carbons (Fsp3) is 0.632. The summed E-state index contributed by atoms with van der Waals surface area (Å²) in [7, 11) is 0. The quantitative estimate of drug-likeness (QED) is 0.797. The highest BCUT2D eigenvalue weighted by Gasteiger charge is 2.44. The Hall–Kier alpha value is -1.31. The summed E-state index contributed by atoms with van der Waals surface area (Å²) in [5.41, 5.74) is 2.79. The van der Waals surface area contributed by atoms with Crippen LogP contribution in [0.1, 0.15) is 57.7 Å². The molecule has 0 N–H and O–H groups in total. The molecule has 0 aromatic heterocycles. The van der Waals surface area contributed by atoms with Gasteiger partial charge < -0.3 is 4.90 Å². The minimum absolute atomic E-state index is 0.135. The monoisotopic (exact) mass is 285 g/mol. The van der Waals surface area contributed by atoms with E-state index in [-0.39, 0.29) is 5.92 Å². The van der Waals surface area contributed by atoms with Gasteiger partial charge in [-0.1, -0.05) is 52.0 Å². The predicted molar refractivity (Wildman–Crippen MR) is 85.9 cm³/mol. The zero-order valence-corrected chi connectivity index (χ0v) is 13.7. The largest absolute Gasteiger partial charge is 0.332 e. The van der Waals surface area contributed by atoms with E-state index in [1.165, 1.54) is 11.1 Å². The number of hydrogen-bond donors (Lipinski definition) is 0. The normalized spacial score (nSPS) is 28.8. The summed E-state index contributed by atoms with van der Waals surface area (Å²) >= 11 is 0. The molecule has 1 amide bonds. The third-order valence-corrected chi connectivity index (χ3v) is 5.43. The molecule has 0 saturated carbocycles. The maximum Gasteiger partial charge on any atom is 0.227 e. The molecule has 1 aromatic rings. The van der Waals surface area contributed by atoms with Gasteiger partial charge in [0.25, 0.3) is 0 Å². The lowest BCUT2D eigenvalue weighted by Crippen LogP contribution is -2.43. The van der Waals surface area contributed by atoms with Crippen LogP contribution in [0, 0.1) is 17.8 Å². The fourth-order valence-electron chi connectivity index (χ4n) is 4.20. The second-order valence-electron chi connectivity index (χ2n) is 7.40. The van der Waals surface area contributed by atoms with E-state index in [1.807, 2.05) is 0 Å². The molecule has 1 aromatic carbocycles. The van der Waals surface area contributed by atoms with E-state index in [0.29, 0.717) is 29.8 Å². The summed E-state index contributed by atoms with van der Waals surface area (Å²) < 4.78 is 0. The van der Waals surface area contributed by atoms with Gasteiger partial charge in [-0.2, -0.15) is 0 Å². The number of carbonyl (C=O) groups is 1. The van der Waals surface area contributed by atoms with E-state index >= 15 is 0 Å². The van der Waals surface area contributed by atoms with Gasteiger partial charge >= 0.3 is 0 Å². The lowest BCUT2D eigenvalue weighted by Gasteiger charge is -2.34. The third kappa shape index (κ3) is 2.39. The molecule has 2 aliphatic rings. The predicted octanol–water partition coefficient (Wildman–Crippen LogP) is 4.20. The van der Waals surface area contributed by atoms with Crippen LogP contribution in [0.3, 0.4) is 0 Å². The Bertz CT molecular complexity index is 534. The van der Waals surface area contributed by atoms with Crippen molar-refractivity contribution >= 4 is 5.91 Å². The van der Waals surface area contributed by atoms with Crippen molar-refractivity contribution in [3.05, 3.63) is 35.4 Å². The Balaban J connectivity index is 2.08. The first kappa shape index (κ1) is 14.6. The number of benzene rings is 1. The summed E-state index contributed by atoms with van der Waals surface area (Å²) in [5.74, 6) is 1.47. The molecule has 2 heterocycles. The van der Waals surface area contributed by atoms with Crippen LogP contribution in [0.5, 0.6) is 0 Å². The van der Waals surface area contributed by atoms with Crippen LogP contribution in [0.4, 0.5) is 0 Å². The number of carbonyl (C=O) groups excluding carboxylic acids is 1. The Kier molecular flexibility index (Phi) is 3.81. The van der Waals surface area contributed by atoms with E-state index in [4.69, 9.17) is 0 Å². The summed E-state index contributed by atoms with van der Waals surface area (Å²) in [6.45, 7) is 8.88. The highest BCUT2D eigenvalue weighted by molar-refractivity contribution is 5.81. The smallest absolute Gasteiger partial charge is 0.227 e. The van der Waals surface area contributed by atoms with Crippen LogP contribution >= 0.6 is 0 Å². The maximum absolute atomic E-state index is 13.2. The average molecular weight is 285 g/mol. The van der Waals surface area contributed by atoms with Crippen LogP contribution in [0.15, 0.2) is 24.3 Å². The van der Waals surface area contributed by atoms with Gasteiger partial charge in [-0.25, -0.2) is 0 Å². The maximum atomic E-state index is 13.2. The minimum atomic E-state index is 0.135. The van der Waals surface area contributed by atoms with Crippen molar-refractivity contribution in [3.63, 3.8) is 0 Å². The van der Waals surface area contributed by atoms with Gasteiger partial charge in [0.2, 0.25) is 5.91 Å². The van der Waals surface area contributed by atoms with Gasteiger partial charge in [-0.15, -0.1) is 0 Å². The summed E-state index contributed by atoms with van der Waals surface area (Å²) in [4.78, 5) is 15.4. The zero-order chi connectivity index (χ0) is 15.1. The number of hydrogen-bond acceptors (Lipinski definition) is 1. The van der Waals surface area contributed by atoms with Gasteiger partial charge in [0, 0.05) is 12.0 Å². The lowest BCUT2D eigenvalue weighted by molar-refractivity contribution is -0.140. The first-order valence-corrected chi connectivity index (χ1v) is 8.40. The molecule has 2 heteroatoms. The van der Waals surface area contributed by atoms with Crippen LogP contribution in [0.25, 0.3) is 0 Å². The molecule has 0 bridgehead atoms. The molecule has 0 unspecified atom stereocenters. The van der Waals surface area contributed by atoms with Crippen LogP contribution in [0.2, 0.25) is 0 Å². The summed E-state index contributed by atoms with van der Waals surface area (Å²) in [6, 6.07) is 9.43. The average Bonchev–Trinajstić information content (AvgIpc) is 2.84. The zero-order valence-electron chi connectivity index (χ0n) is 13.7. The molecule has 3 atom stereocenters. The number of amides is 1. The van der Waals surface area contributed by atoms with E-state index < -0.39 is 0 Å². The van der Waals surface area contributed by atoms with E-state index in [2.05, 4.69) is 56.9 Å². The number of nitrogens with zero attached hydrogens (tertiary/aromatic N) is 1. The Morgan fingerprint density at radius 3 is 2.43 bits per heavy atom. The van der Waals surface area contributed by atoms with Gasteiger partial charge in [-0.3, -0.25) is 4.79 Å². The van der Waals surface area contributed by atoms with E-state index in [9.17, 15) is 4.79 Å². The second-order valence-corrected chi connectivity index (χ2v) is 7.40. The van der Waals surface area contributed by atoms with Crippen molar-refractivity contribution in [1.82, 2.24) is 4.90 Å². The van der Waals surface area contributed by atoms with E-state index in [1.54, 1.807) is 0 Å². The fourth-order valence-corrected chi connectivity index (χ4v) is 4.20. The lowest BCUT2D eigenvalue weighted by atomic mass is 9.87. The van der Waals surface area contributed by atoms with E-state index in [0.717, 1.165) is 19.3 Å². The number of rotatable bonds is 2. The van der Waals surface area contributed by atoms with Crippen molar-refractivity contribution in [2.75, 3.05) is 0 Å². The third-order valence-electron chi connectivity index (χ3n) is 5.43. The van der Waals surface area contributed by atoms with Gasteiger partial charge in [0.15, 0.2) is 0 Å². The Morgan fingerprint density at radius 1 is 1.05 bits per heavy atom. The molecule has 0 radical (unpaired) electrons. The van der Waals surface area contributed by atoms with Crippen molar-refractivity contribution in [2.45, 2.75) is 59.0 Å². The van der Waals surface area contributed by atoms with Crippen molar-refractivity contribution in [2.24, 2.45) is 17.8 Å². The molecular weight excluding hydrogens is 258 g/mol. The summed E-state index contributed by atoms with van der Waals surface area (Å²) in [5, 5.41) is 0. The second kappa shape index (κ2) is 5.47. The van der Waals surface area contributed by atoms with Crippen LogP contribution < -0.4 is 0 Å². The highest BCUT2D eigenvalue weighted by atomic mass is 16.2. The molecule has 0 aliphatic carbocycles. The molecule has 3 rings (SSSR count). The molecule has 1 saturated heterocycles. The van der Waals surface area contributed by atoms with Crippen LogP contribution in [-0.4, -0.2) is 16.8 Å². The standard InChI is InChI=1S/C19H27NO/c1-12(2)16-11-14-7-5-6-8-15(14)18-10-9-17(13(3)4)20(18)19(16)21/h5-8,12-13,16-18H,9-11H2,1-4H3/t16-,17+,18-/m1/s1. The van der Waals surface area contributed by atoms with Gasteiger partial charge in [-0.05, 0) is 42.2 Å². The van der Waals surface area contributed by atoms with Crippen molar-refractivity contribution in [1.29, 1.82) is 0 Å². The van der Waals surface area contributed by atoms with Crippen molar-refractivity contribution < 1.29 is 4.79 Å². The molecule has 2 aliphatic heterocycles. The Morgan fingerprint density at radius 2 is 1.76 bits per heavy atom. The molecule has 2 nitrogen and oxygen atoms in total. The van der Waals surface area contributed by atoms with Gasteiger partial charge in [0.05, 0.1) is 6.04 Å². The number of fused-ring (bicyclic) bond motifs is 3. The molecular formula is C19H27NO.